The number of nitrogens with one attached hydrogen (secondary N) is 1. The Bertz CT molecular complexity index is 1220. The minimum Gasteiger partial charge on any atom is -0.481 e. The molecule has 0 aliphatic carbocycles. The number of nitrogens with two attached hydrogens (primary N) is 1. The van der Waals surface area contributed by atoms with Gasteiger partial charge in [-0.25, -0.2) is 10.7 Å². The van der Waals surface area contributed by atoms with Gasteiger partial charge in [-0.05, 0) is 23.1 Å². The van der Waals surface area contributed by atoms with Crippen molar-refractivity contribution in [1.29, 1.82) is 0 Å². The zero-order valence-corrected chi connectivity index (χ0v) is 20.7. The van der Waals surface area contributed by atoms with Crippen molar-refractivity contribution >= 4 is 23.6 Å². The molecular weight excluding hydrogens is 488 g/mol. The third-order valence-corrected chi connectivity index (χ3v) is 6.03. The number of alkyl carbamates (subject to hydrolysis) is 1. The molecule has 4 N–H and O–H groups in total. The van der Waals surface area contributed by atoms with Gasteiger partial charge in [-0.3, -0.25) is 19.2 Å². The Morgan fingerprint density at radius 1 is 0.816 bits per heavy atom. The fourth-order valence-electron chi connectivity index (χ4n) is 4.05. The van der Waals surface area contributed by atoms with E-state index in [0.29, 0.717) is 17.5 Å². The number of rotatable bonds is 14. The number of aryl methyl sites for hydroxylation is 1. The molecular formula is C29H30N2O7. The second kappa shape index (κ2) is 13.8. The lowest BCUT2D eigenvalue weighted by molar-refractivity contribution is -0.161. The number of carbonyl (C=O) groups excluding carboxylic acids is 3. The highest BCUT2D eigenvalue weighted by molar-refractivity contribution is 6.14. The van der Waals surface area contributed by atoms with Crippen molar-refractivity contribution in [1.82, 2.24) is 5.32 Å². The van der Waals surface area contributed by atoms with Crippen LogP contribution in [-0.2, 0) is 43.4 Å². The van der Waals surface area contributed by atoms with Crippen LogP contribution in [0.5, 0.6) is 0 Å². The summed E-state index contributed by atoms with van der Waals surface area (Å²) in [6.45, 7) is -0.0980. The predicted octanol–water partition coefficient (Wildman–Crippen LogP) is 3.40. The molecule has 0 heterocycles. The quantitative estimate of drug-likeness (QED) is 0.218. The van der Waals surface area contributed by atoms with E-state index in [2.05, 4.69) is 5.32 Å². The van der Waals surface area contributed by atoms with Crippen molar-refractivity contribution in [2.24, 2.45) is 5.90 Å². The number of carboxylic acid groups (broad SMARTS) is 1. The monoisotopic (exact) mass is 518 g/mol. The van der Waals surface area contributed by atoms with Gasteiger partial charge in [0.15, 0.2) is 11.6 Å². The number of hydrogen-bond acceptors (Lipinski definition) is 7. The Kier molecular flexibility index (Phi) is 10.3. The van der Waals surface area contributed by atoms with E-state index in [1.807, 2.05) is 30.3 Å². The number of benzene rings is 3. The smallest absolute Gasteiger partial charge is 0.408 e. The maximum absolute atomic E-state index is 13.8. The molecule has 0 aliphatic rings. The molecule has 0 bridgehead atoms. The number of ether oxygens (including phenoxy) is 1. The number of hydrogen-bond donors (Lipinski definition) is 3. The summed E-state index contributed by atoms with van der Waals surface area (Å²) in [6, 6.07) is 25.0. The number of ketones is 2. The number of carboxylic acids is 1. The molecule has 2 unspecified atom stereocenters. The Morgan fingerprint density at radius 2 is 1.34 bits per heavy atom. The predicted molar refractivity (Wildman–Crippen MR) is 139 cm³/mol. The minimum atomic E-state index is -2.23. The standard InChI is InChI=1S/C29H30N2O7/c30-38-29(19-22-12-6-2-7-13-22,25(32)17-16-21-10-4-1-5-11-21)27(35)24(18-26(33)34)31-28(36)37-20-23-14-8-3-9-15-23/h1-15,24H,16-20,30H2,(H,31,36)(H,33,34). The summed E-state index contributed by atoms with van der Waals surface area (Å²) in [5.74, 6) is 2.66. The molecule has 198 valence electrons. The van der Waals surface area contributed by atoms with Gasteiger partial charge in [-0.15, -0.1) is 0 Å². The number of amides is 1. The molecule has 0 aromatic heterocycles. The molecule has 3 aromatic rings. The normalized spacial score (nSPS) is 13.1. The number of Topliss-reactive ketones (excluding diaryl/α,β-unsaturated/α-hetero) is 2. The largest absolute Gasteiger partial charge is 0.481 e. The first-order valence-electron chi connectivity index (χ1n) is 12.1. The molecule has 3 rings (SSSR count). The van der Waals surface area contributed by atoms with Crippen molar-refractivity contribution < 1.29 is 33.9 Å². The first-order valence-corrected chi connectivity index (χ1v) is 12.1. The lowest BCUT2D eigenvalue weighted by atomic mass is 9.80. The zero-order valence-electron chi connectivity index (χ0n) is 20.7. The van der Waals surface area contributed by atoms with E-state index >= 15 is 0 Å². The Labute approximate surface area is 220 Å². The molecule has 9 heteroatoms. The van der Waals surface area contributed by atoms with Crippen molar-refractivity contribution in [3.05, 3.63) is 108 Å². The van der Waals surface area contributed by atoms with Crippen LogP contribution in [0.1, 0.15) is 29.5 Å². The third kappa shape index (κ3) is 7.83. The molecule has 1 amide bonds. The lowest BCUT2D eigenvalue weighted by Gasteiger charge is -2.32. The van der Waals surface area contributed by atoms with Crippen LogP contribution in [0.2, 0.25) is 0 Å². The molecule has 0 spiro atoms. The highest BCUT2D eigenvalue weighted by atomic mass is 16.6. The van der Waals surface area contributed by atoms with E-state index in [1.165, 1.54) is 0 Å². The summed E-state index contributed by atoms with van der Waals surface area (Å²) in [7, 11) is 0. The van der Waals surface area contributed by atoms with E-state index in [-0.39, 0.29) is 19.4 Å². The summed E-state index contributed by atoms with van der Waals surface area (Å²) in [4.78, 5) is 56.7. The van der Waals surface area contributed by atoms with Crippen LogP contribution in [0.3, 0.4) is 0 Å². The molecule has 2 atom stereocenters. The summed E-state index contributed by atoms with van der Waals surface area (Å²) in [5.41, 5.74) is -0.101. The van der Waals surface area contributed by atoms with Gasteiger partial charge in [-0.1, -0.05) is 91.0 Å². The lowest BCUT2D eigenvalue weighted by Crippen LogP contribution is -2.60. The van der Waals surface area contributed by atoms with Gasteiger partial charge in [0.05, 0.1) is 6.42 Å². The fraction of sp³-hybridized carbons (Fsp3) is 0.241. The average Bonchev–Trinajstić information content (AvgIpc) is 2.94. The van der Waals surface area contributed by atoms with E-state index in [0.717, 1.165) is 5.56 Å². The van der Waals surface area contributed by atoms with Crippen LogP contribution in [0.15, 0.2) is 91.0 Å². The third-order valence-electron chi connectivity index (χ3n) is 6.03. The van der Waals surface area contributed by atoms with Gasteiger partial charge < -0.3 is 15.2 Å². The Balaban J connectivity index is 1.86. The Morgan fingerprint density at radius 3 is 1.87 bits per heavy atom. The van der Waals surface area contributed by atoms with E-state index < -0.39 is 41.7 Å². The minimum absolute atomic E-state index is 0.0980. The van der Waals surface area contributed by atoms with E-state index in [4.69, 9.17) is 15.5 Å². The van der Waals surface area contributed by atoms with Crippen LogP contribution in [0, 0.1) is 0 Å². The van der Waals surface area contributed by atoms with Gasteiger partial charge in [0.2, 0.25) is 5.60 Å². The fourth-order valence-corrected chi connectivity index (χ4v) is 4.05. The topological polar surface area (TPSA) is 145 Å². The maximum atomic E-state index is 13.8. The van der Waals surface area contributed by atoms with Crippen LogP contribution in [0.25, 0.3) is 0 Å². The van der Waals surface area contributed by atoms with Crippen molar-refractivity contribution in [3.8, 4) is 0 Å². The van der Waals surface area contributed by atoms with Gasteiger partial charge in [0, 0.05) is 12.8 Å². The summed E-state index contributed by atoms with van der Waals surface area (Å²) in [5, 5.41) is 11.8. The molecule has 38 heavy (non-hydrogen) atoms. The van der Waals surface area contributed by atoms with Crippen LogP contribution >= 0.6 is 0 Å². The van der Waals surface area contributed by atoms with E-state index in [1.54, 1.807) is 60.7 Å². The van der Waals surface area contributed by atoms with Crippen LogP contribution in [0.4, 0.5) is 4.79 Å². The van der Waals surface area contributed by atoms with Crippen LogP contribution < -0.4 is 11.2 Å². The number of aliphatic carboxylic acids is 1. The highest BCUT2D eigenvalue weighted by Gasteiger charge is 2.50. The molecule has 0 saturated heterocycles. The Hall–Kier alpha value is -4.34. The maximum Gasteiger partial charge on any atom is 0.408 e. The van der Waals surface area contributed by atoms with Gasteiger partial charge >= 0.3 is 12.1 Å². The van der Waals surface area contributed by atoms with Crippen molar-refractivity contribution in [2.75, 3.05) is 0 Å². The zero-order chi connectivity index (χ0) is 27.4. The summed E-state index contributed by atoms with van der Waals surface area (Å²) < 4.78 is 5.17. The first kappa shape index (κ1) is 28.2. The molecule has 0 radical (unpaired) electrons. The molecule has 3 aromatic carbocycles. The molecule has 0 aliphatic heterocycles. The second-order valence-electron chi connectivity index (χ2n) is 8.74. The SMILES string of the molecule is NOC(Cc1ccccc1)(C(=O)CCc1ccccc1)C(=O)C(CC(=O)O)NC(=O)OCc1ccccc1. The van der Waals surface area contributed by atoms with Gasteiger partial charge in [0.1, 0.15) is 12.6 Å². The number of carbonyl (C=O) groups is 4. The first-order chi connectivity index (χ1) is 18.3. The highest BCUT2D eigenvalue weighted by Crippen LogP contribution is 2.25. The average molecular weight is 519 g/mol. The van der Waals surface area contributed by atoms with Gasteiger partial charge in [-0.2, -0.15) is 0 Å². The van der Waals surface area contributed by atoms with Crippen molar-refractivity contribution in [2.45, 2.75) is 43.9 Å². The summed E-state index contributed by atoms with van der Waals surface area (Å²) in [6.07, 6.45) is -1.85. The van der Waals surface area contributed by atoms with Crippen molar-refractivity contribution in [3.63, 3.8) is 0 Å². The molecule has 0 saturated carbocycles. The van der Waals surface area contributed by atoms with Crippen LogP contribution in [-0.4, -0.2) is 40.4 Å². The molecule has 0 fully saturated rings. The van der Waals surface area contributed by atoms with E-state index in [9.17, 15) is 24.3 Å². The second-order valence-corrected chi connectivity index (χ2v) is 8.74. The molecule has 9 nitrogen and oxygen atoms in total. The summed E-state index contributed by atoms with van der Waals surface area (Å²) >= 11 is 0. The van der Waals surface area contributed by atoms with Gasteiger partial charge in [0.25, 0.3) is 0 Å².